The number of furan rings is 1. The number of fused-ring (bicyclic) bond motifs is 1. The molecule has 1 saturated carbocycles. The van der Waals surface area contributed by atoms with Crippen LogP contribution < -0.4 is 0 Å². The first kappa shape index (κ1) is 9.88. The van der Waals surface area contributed by atoms with Crippen LogP contribution in [0.2, 0.25) is 0 Å². The highest BCUT2D eigenvalue weighted by Gasteiger charge is 2.48. The summed E-state index contributed by atoms with van der Waals surface area (Å²) in [5, 5.41) is 0. The Hall–Kier alpha value is -1.31. The molecule has 84 valence electrons. The van der Waals surface area contributed by atoms with Crippen LogP contribution in [0.25, 0.3) is 5.57 Å². The van der Waals surface area contributed by atoms with Gasteiger partial charge in [0.1, 0.15) is 5.76 Å². The normalized spacial score (nSPS) is 33.7. The Bertz CT molecular complexity index is 441. The van der Waals surface area contributed by atoms with E-state index in [1.165, 1.54) is 12.8 Å². The van der Waals surface area contributed by atoms with Gasteiger partial charge in [0.15, 0.2) is 5.78 Å². The van der Waals surface area contributed by atoms with Gasteiger partial charge in [-0.15, -0.1) is 0 Å². The average molecular weight is 216 g/mol. The molecule has 0 amide bonds. The zero-order valence-corrected chi connectivity index (χ0v) is 9.53. The molecule has 0 aliphatic heterocycles. The molecule has 0 bridgehead atoms. The van der Waals surface area contributed by atoms with Crippen molar-refractivity contribution < 1.29 is 9.21 Å². The fourth-order valence-electron chi connectivity index (χ4n) is 3.30. The van der Waals surface area contributed by atoms with Crippen molar-refractivity contribution in [2.24, 2.45) is 11.3 Å². The zero-order chi connectivity index (χ0) is 11.2. The Balaban J connectivity index is 2.05. The number of rotatable bonds is 1. The van der Waals surface area contributed by atoms with Gasteiger partial charge in [-0.1, -0.05) is 19.8 Å². The molecule has 2 aliphatic rings. The Morgan fingerprint density at radius 1 is 1.44 bits per heavy atom. The molecule has 0 radical (unpaired) electrons. The van der Waals surface area contributed by atoms with E-state index in [4.69, 9.17) is 4.42 Å². The van der Waals surface area contributed by atoms with Crippen LogP contribution >= 0.6 is 0 Å². The summed E-state index contributed by atoms with van der Waals surface area (Å²) in [4.78, 5) is 12.0. The number of carbonyl (C=O) groups is 1. The molecule has 0 unspecified atom stereocenters. The molecule has 1 aromatic rings. The van der Waals surface area contributed by atoms with E-state index in [0.717, 1.165) is 24.2 Å². The Labute approximate surface area is 95.3 Å². The summed E-state index contributed by atoms with van der Waals surface area (Å²) in [5.41, 5.74) is 1.14. The highest BCUT2D eigenvalue weighted by molar-refractivity contribution is 6.05. The first-order chi connectivity index (χ1) is 7.72. The van der Waals surface area contributed by atoms with Gasteiger partial charge in [-0.05, 0) is 31.1 Å². The summed E-state index contributed by atoms with van der Waals surface area (Å²) in [6.45, 7) is 2.22. The topological polar surface area (TPSA) is 30.2 Å². The lowest BCUT2D eigenvalue weighted by atomic mass is 9.66. The Morgan fingerprint density at radius 2 is 2.31 bits per heavy atom. The van der Waals surface area contributed by atoms with Crippen molar-refractivity contribution in [1.29, 1.82) is 0 Å². The third kappa shape index (κ3) is 1.22. The molecular formula is C14H16O2. The van der Waals surface area contributed by atoms with E-state index in [-0.39, 0.29) is 11.3 Å². The van der Waals surface area contributed by atoms with Crippen molar-refractivity contribution in [2.45, 2.75) is 32.6 Å². The van der Waals surface area contributed by atoms with Crippen LogP contribution in [0.3, 0.4) is 0 Å². The van der Waals surface area contributed by atoms with Gasteiger partial charge in [-0.2, -0.15) is 0 Å². The Morgan fingerprint density at radius 3 is 3.06 bits per heavy atom. The molecule has 0 spiro atoms. The lowest BCUT2D eigenvalue weighted by Gasteiger charge is -2.37. The molecule has 16 heavy (non-hydrogen) atoms. The number of hydrogen-bond donors (Lipinski definition) is 0. The number of hydrogen-bond acceptors (Lipinski definition) is 2. The molecule has 3 rings (SSSR count). The zero-order valence-electron chi connectivity index (χ0n) is 9.53. The van der Waals surface area contributed by atoms with E-state index in [0.29, 0.717) is 5.78 Å². The second kappa shape index (κ2) is 3.34. The van der Waals surface area contributed by atoms with E-state index in [1.54, 1.807) is 6.26 Å². The van der Waals surface area contributed by atoms with Gasteiger partial charge in [-0.3, -0.25) is 4.79 Å². The standard InChI is InChI=1S/C14H16O2/c1-14-7-3-2-5-10(14)12(15)9-11(14)13-6-4-8-16-13/h4,6,8-10H,2-3,5,7H2,1H3/t10-,14-/m0/s1. The molecule has 1 heterocycles. The van der Waals surface area contributed by atoms with E-state index >= 15 is 0 Å². The quantitative estimate of drug-likeness (QED) is 0.719. The molecule has 0 saturated heterocycles. The van der Waals surface area contributed by atoms with Crippen LogP contribution in [-0.2, 0) is 4.79 Å². The monoisotopic (exact) mass is 216 g/mol. The highest BCUT2D eigenvalue weighted by atomic mass is 16.3. The van der Waals surface area contributed by atoms with E-state index in [9.17, 15) is 4.79 Å². The summed E-state index contributed by atoms with van der Waals surface area (Å²) in [7, 11) is 0. The average Bonchev–Trinajstić information content (AvgIpc) is 2.85. The molecule has 0 aromatic carbocycles. The van der Waals surface area contributed by atoms with Crippen LogP contribution in [0.4, 0.5) is 0 Å². The largest absolute Gasteiger partial charge is 0.465 e. The molecule has 2 nitrogen and oxygen atoms in total. The van der Waals surface area contributed by atoms with Gasteiger partial charge in [-0.25, -0.2) is 0 Å². The van der Waals surface area contributed by atoms with Gasteiger partial charge in [0, 0.05) is 16.9 Å². The minimum absolute atomic E-state index is 0.0210. The lowest BCUT2D eigenvalue weighted by Crippen LogP contribution is -2.31. The smallest absolute Gasteiger partial charge is 0.160 e. The molecular weight excluding hydrogens is 200 g/mol. The van der Waals surface area contributed by atoms with Crippen molar-refractivity contribution in [3.8, 4) is 0 Å². The van der Waals surface area contributed by atoms with Crippen LogP contribution in [0.15, 0.2) is 28.9 Å². The second-order valence-corrected chi connectivity index (χ2v) is 5.15. The third-order valence-corrected chi connectivity index (χ3v) is 4.24. The molecule has 2 heteroatoms. The van der Waals surface area contributed by atoms with Crippen LogP contribution in [-0.4, -0.2) is 5.78 Å². The van der Waals surface area contributed by atoms with Gasteiger partial charge in [0.05, 0.1) is 6.26 Å². The Kier molecular flexibility index (Phi) is 2.06. The van der Waals surface area contributed by atoms with Crippen molar-refractivity contribution in [2.75, 3.05) is 0 Å². The van der Waals surface area contributed by atoms with Crippen LogP contribution in [0.1, 0.15) is 38.4 Å². The number of carbonyl (C=O) groups excluding carboxylic acids is 1. The predicted octanol–water partition coefficient (Wildman–Crippen LogP) is 3.44. The number of ketones is 1. The van der Waals surface area contributed by atoms with Crippen LogP contribution in [0, 0.1) is 11.3 Å². The fraction of sp³-hybridized carbons (Fsp3) is 0.500. The van der Waals surface area contributed by atoms with Crippen molar-refractivity contribution in [3.63, 3.8) is 0 Å². The molecule has 2 atom stereocenters. The van der Waals surface area contributed by atoms with Gasteiger partial charge in [0.25, 0.3) is 0 Å². The SMILES string of the molecule is C[C@]12CCCC[C@H]1C(=O)C=C2c1ccco1. The fourth-order valence-corrected chi connectivity index (χ4v) is 3.30. The minimum Gasteiger partial charge on any atom is -0.465 e. The first-order valence-corrected chi connectivity index (χ1v) is 6.02. The van der Waals surface area contributed by atoms with Crippen molar-refractivity contribution >= 4 is 11.4 Å². The van der Waals surface area contributed by atoms with Crippen molar-refractivity contribution in [1.82, 2.24) is 0 Å². The molecule has 2 aliphatic carbocycles. The summed E-state index contributed by atoms with van der Waals surface area (Å²) >= 11 is 0. The lowest BCUT2D eigenvalue weighted by molar-refractivity contribution is -0.120. The minimum atomic E-state index is 0.0210. The maximum Gasteiger partial charge on any atom is 0.160 e. The highest BCUT2D eigenvalue weighted by Crippen LogP contribution is 2.54. The predicted molar refractivity (Wildman–Crippen MR) is 61.8 cm³/mol. The molecule has 0 N–H and O–H groups in total. The second-order valence-electron chi connectivity index (χ2n) is 5.15. The molecule has 1 aromatic heterocycles. The van der Waals surface area contributed by atoms with Gasteiger partial charge >= 0.3 is 0 Å². The first-order valence-electron chi connectivity index (χ1n) is 6.02. The summed E-state index contributed by atoms with van der Waals surface area (Å²) in [6.07, 6.45) is 8.05. The molecule has 1 fully saturated rings. The summed E-state index contributed by atoms with van der Waals surface area (Å²) in [5.74, 6) is 1.37. The summed E-state index contributed by atoms with van der Waals surface area (Å²) < 4.78 is 5.46. The maximum atomic E-state index is 12.0. The van der Waals surface area contributed by atoms with E-state index < -0.39 is 0 Å². The van der Waals surface area contributed by atoms with E-state index in [2.05, 4.69) is 6.92 Å². The van der Waals surface area contributed by atoms with Gasteiger partial charge in [0.2, 0.25) is 0 Å². The summed E-state index contributed by atoms with van der Waals surface area (Å²) in [6, 6.07) is 3.85. The third-order valence-electron chi connectivity index (χ3n) is 4.24. The number of allylic oxidation sites excluding steroid dienone is 2. The van der Waals surface area contributed by atoms with Crippen molar-refractivity contribution in [3.05, 3.63) is 30.2 Å². The van der Waals surface area contributed by atoms with Crippen LogP contribution in [0.5, 0.6) is 0 Å². The van der Waals surface area contributed by atoms with Gasteiger partial charge < -0.3 is 4.42 Å². The maximum absolute atomic E-state index is 12.0. The van der Waals surface area contributed by atoms with E-state index in [1.807, 2.05) is 18.2 Å².